The normalized spacial score (nSPS) is 10.3. The summed E-state index contributed by atoms with van der Waals surface area (Å²) in [4.78, 5) is 1.94. The van der Waals surface area contributed by atoms with Crippen LogP contribution in [0.2, 0.25) is 0 Å². The maximum absolute atomic E-state index is 7.54. The highest BCUT2D eigenvalue weighted by Gasteiger charge is 2.14. The fourth-order valence-corrected chi connectivity index (χ4v) is 1.49. The molecule has 1 aromatic heterocycles. The number of rotatable bonds is 8. The lowest BCUT2D eigenvalue weighted by atomic mass is 10.2. The summed E-state index contributed by atoms with van der Waals surface area (Å²) in [6.45, 7) is 2.38. The first-order chi connectivity index (χ1) is 8.70. The Morgan fingerprint density at radius 1 is 1.33 bits per heavy atom. The molecule has 100 valence electrons. The van der Waals surface area contributed by atoms with Gasteiger partial charge in [-0.2, -0.15) is 5.10 Å². The molecule has 0 spiro atoms. The van der Waals surface area contributed by atoms with E-state index in [-0.39, 0.29) is 5.84 Å². The highest BCUT2D eigenvalue weighted by molar-refractivity contribution is 5.99. The minimum Gasteiger partial charge on any atom is -0.384 e. The molecule has 18 heavy (non-hydrogen) atoms. The SMILES string of the molecule is COCCN(CCOC)c1nnccc1C(=N)N. The Balaban J connectivity index is 2.92. The van der Waals surface area contributed by atoms with Crippen molar-refractivity contribution in [2.45, 2.75) is 0 Å². The minimum atomic E-state index is -0.0280. The lowest BCUT2D eigenvalue weighted by molar-refractivity contribution is 0.190. The number of aromatic nitrogens is 2. The molecule has 0 saturated heterocycles. The first-order valence-corrected chi connectivity index (χ1v) is 5.59. The Morgan fingerprint density at radius 2 is 1.94 bits per heavy atom. The van der Waals surface area contributed by atoms with Gasteiger partial charge in [0.2, 0.25) is 0 Å². The first kappa shape index (κ1) is 14.3. The van der Waals surface area contributed by atoms with Gasteiger partial charge in [-0.25, -0.2) is 0 Å². The molecule has 1 rings (SSSR count). The molecule has 0 aliphatic carbocycles. The molecule has 0 fully saturated rings. The van der Waals surface area contributed by atoms with Gasteiger partial charge in [-0.15, -0.1) is 5.10 Å². The van der Waals surface area contributed by atoms with Crippen LogP contribution in [0.3, 0.4) is 0 Å². The van der Waals surface area contributed by atoms with Crippen LogP contribution in [0.15, 0.2) is 12.3 Å². The van der Waals surface area contributed by atoms with E-state index in [0.29, 0.717) is 37.7 Å². The monoisotopic (exact) mass is 253 g/mol. The summed E-state index contributed by atoms with van der Waals surface area (Å²) in [6.07, 6.45) is 1.52. The van der Waals surface area contributed by atoms with Gasteiger partial charge in [0.25, 0.3) is 0 Å². The van der Waals surface area contributed by atoms with Crippen LogP contribution < -0.4 is 10.6 Å². The van der Waals surface area contributed by atoms with E-state index in [1.165, 1.54) is 6.20 Å². The third-order valence-corrected chi connectivity index (χ3v) is 2.42. The minimum absolute atomic E-state index is 0.0280. The Bertz CT molecular complexity index is 377. The maximum Gasteiger partial charge on any atom is 0.162 e. The zero-order valence-electron chi connectivity index (χ0n) is 10.7. The molecule has 7 heteroatoms. The number of nitrogen functional groups attached to an aromatic ring is 1. The van der Waals surface area contributed by atoms with Crippen LogP contribution in [0.25, 0.3) is 0 Å². The third kappa shape index (κ3) is 3.94. The molecule has 0 aromatic carbocycles. The van der Waals surface area contributed by atoms with Crippen molar-refractivity contribution >= 4 is 11.7 Å². The first-order valence-electron chi connectivity index (χ1n) is 5.59. The number of hydrogen-bond donors (Lipinski definition) is 2. The number of nitrogens with two attached hydrogens (primary N) is 1. The smallest absolute Gasteiger partial charge is 0.162 e. The van der Waals surface area contributed by atoms with Gasteiger partial charge in [0.05, 0.1) is 25.0 Å². The summed E-state index contributed by atoms with van der Waals surface area (Å²) in [6, 6.07) is 1.68. The summed E-state index contributed by atoms with van der Waals surface area (Å²) in [7, 11) is 3.27. The fourth-order valence-electron chi connectivity index (χ4n) is 1.49. The van der Waals surface area contributed by atoms with Crippen molar-refractivity contribution in [2.24, 2.45) is 5.73 Å². The number of nitrogens with one attached hydrogen (secondary N) is 1. The van der Waals surface area contributed by atoms with Crippen LogP contribution in [-0.2, 0) is 9.47 Å². The Kier molecular flexibility index (Phi) is 6.03. The lowest BCUT2D eigenvalue weighted by Crippen LogP contribution is -2.33. The number of anilines is 1. The number of nitrogens with zero attached hydrogens (tertiary/aromatic N) is 3. The van der Waals surface area contributed by atoms with Gasteiger partial charge in [-0.3, -0.25) is 5.41 Å². The van der Waals surface area contributed by atoms with Crippen LogP contribution in [0, 0.1) is 5.41 Å². The van der Waals surface area contributed by atoms with E-state index in [1.54, 1.807) is 20.3 Å². The Labute approximate surface area is 106 Å². The second-order valence-electron chi connectivity index (χ2n) is 3.65. The van der Waals surface area contributed by atoms with Gasteiger partial charge >= 0.3 is 0 Å². The predicted molar refractivity (Wildman–Crippen MR) is 69.0 cm³/mol. The number of hydrogen-bond acceptors (Lipinski definition) is 6. The van der Waals surface area contributed by atoms with Crippen LogP contribution >= 0.6 is 0 Å². The van der Waals surface area contributed by atoms with E-state index >= 15 is 0 Å². The van der Waals surface area contributed by atoms with E-state index in [9.17, 15) is 0 Å². The van der Waals surface area contributed by atoms with Gasteiger partial charge in [0.1, 0.15) is 5.84 Å². The largest absolute Gasteiger partial charge is 0.384 e. The van der Waals surface area contributed by atoms with E-state index in [2.05, 4.69) is 10.2 Å². The summed E-state index contributed by atoms with van der Waals surface area (Å²) in [5.74, 6) is 0.554. The summed E-state index contributed by atoms with van der Waals surface area (Å²) >= 11 is 0. The molecule has 0 aliphatic heterocycles. The molecule has 0 aliphatic rings. The van der Waals surface area contributed by atoms with E-state index < -0.39 is 0 Å². The van der Waals surface area contributed by atoms with Gasteiger partial charge < -0.3 is 20.1 Å². The number of methoxy groups -OCH3 is 2. The van der Waals surface area contributed by atoms with Crippen molar-refractivity contribution in [3.8, 4) is 0 Å². The molecular formula is C11H19N5O2. The highest BCUT2D eigenvalue weighted by Crippen LogP contribution is 2.15. The average Bonchev–Trinajstić information content (AvgIpc) is 2.39. The third-order valence-electron chi connectivity index (χ3n) is 2.42. The molecule has 0 saturated carbocycles. The van der Waals surface area contributed by atoms with Gasteiger partial charge in [0.15, 0.2) is 5.82 Å². The van der Waals surface area contributed by atoms with Crippen molar-refractivity contribution in [3.05, 3.63) is 17.8 Å². The predicted octanol–water partition coefficient (Wildman–Crippen LogP) is -0.140. The maximum atomic E-state index is 7.54. The van der Waals surface area contributed by atoms with Crippen LogP contribution in [0.1, 0.15) is 5.56 Å². The molecule has 1 heterocycles. The van der Waals surface area contributed by atoms with Crippen molar-refractivity contribution in [3.63, 3.8) is 0 Å². The van der Waals surface area contributed by atoms with Crippen LogP contribution in [0.5, 0.6) is 0 Å². The van der Waals surface area contributed by atoms with Crippen LogP contribution in [0.4, 0.5) is 5.82 Å². The molecule has 0 unspecified atom stereocenters. The summed E-state index contributed by atoms with van der Waals surface area (Å²) < 4.78 is 10.1. The molecule has 7 nitrogen and oxygen atoms in total. The zero-order valence-corrected chi connectivity index (χ0v) is 10.7. The van der Waals surface area contributed by atoms with E-state index in [4.69, 9.17) is 20.6 Å². The van der Waals surface area contributed by atoms with Crippen molar-refractivity contribution < 1.29 is 9.47 Å². The topological polar surface area (TPSA) is 97.4 Å². The molecule has 0 atom stereocenters. The van der Waals surface area contributed by atoms with Crippen LogP contribution in [-0.4, -0.2) is 56.6 Å². The highest BCUT2D eigenvalue weighted by atomic mass is 16.5. The summed E-state index contributed by atoms with van der Waals surface area (Å²) in [5.41, 5.74) is 6.10. The Hall–Kier alpha value is -1.73. The molecule has 0 bridgehead atoms. The Morgan fingerprint density at radius 3 is 2.44 bits per heavy atom. The fraction of sp³-hybridized carbons (Fsp3) is 0.545. The van der Waals surface area contributed by atoms with Gasteiger partial charge in [0, 0.05) is 27.3 Å². The van der Waals surface area contributed by atoms with Gasteiger partial charge in [-0.05, 0) is 6.07 Å². The number of amidine groups is 1. The molecule has 0 amide bonds. The molecule has 1 aromatic rings. The standard InChI is InChI=1S/C11H19N5O2/c1-17-7-5-16(6-8-18-2)11-9(10(12)13)3-4-14-15-11/h3-4H,5-8H2,1-2H3,(H3,12,13). The molecule has 0 radical (unpaired) electrons. The number of ether oxygens (including phenoxy) is 2. The average molecular weight is 253 g/mol. The lowest BCUT2D eigenvalue weighted by Gasteiger charge is -2.24. The van der Waals surface area contributed by atoms with E-state index in [1.807, 2.05) is 4.90 Å². The van der Waals surface area contributed by atoms with Crippen molar-refractivity contribution in [1.82, 2.24) is 10.2 Å². The second kappa shape index (κ2) is 7.57. The van der Waals surface area contributed by atoms with Gasteiger partial charge in [-0.1, -0.05) is 0 Å². The molecule has 3 N–H and O–H groups in total. The van der Waals surface area contributed by atoms with E-state index in [0.717, 1.165) is 0 Å². The van der Waals surface area contributed by atoms with Crippen molar-refractivity contribution in [2.75, 3.05) is 45.4 Å². The van der Waals surface area contributed by atoms with Crippen molar-refractivity contribution in [1.29, 1.82) is 5.41 Å². The molecular weight excluding hydrogens is 234 g/mol. The second-order valence-corrected chi connectivity index (χ2v) is 3.65. The summed E-state index contributed by atoms with van der Waals surface area (Å²) in [5, 5.41) is 15.4. The zero-order chi connectivity index (χ0) is 13.4. The quantitative estimate of drug-likeness (QED) is 0.494.